The quantitative estimate of drug-likeness (QED) is 0.580. The van der Waals surface area contributed by atoms with Crippen LogP contribution in [0, 0.1) is 0 Å². The predicted octanol–water partition coefficient (Wildman–Crippen LogP) is 0.398. The maximum Gasteiger partial charge on any atom is 0.0655 e. The summed E-state index contributed by atoms with van der Waals surface area (Å²) < 4.78 is 0. The van der Waals surface area contributed by atoms with E-state index in [2.05, 4.69) is 16.9 Å². The number of hydrogen-bond acceptors (Lipinski definition) is 3. The van der Waals surface area contributed by atoms with Gasteiger partial charge in [-0.05, 0) is 0 Å². The average molecular weight is 138 g/mol. The minimum Gasteiger partial charge on any atom is -0.396 e. The van der Waals surface area contributed by atoms with Gasteiger partial charge in [-0.15, -0.1) is 0 Å². The van der Waals surface area contributed by atoms with Gasteiger partial charge in [-0.2, -0.15) is 0 Å². The van der Waals surface area contributed by atoms with E-state index in [-0.39, 0.29) is 6.61 Å². The van der Waals surface area contributed by atoms with Gasteiger partial charge in [0.1, 0.15) is 0 Å². The molecule has 0 aliphatic carbocycles. The van der Waals surface area contributed by atoms with Crippen LogP contribution in [0.1, 0.15) is 6.42 Å². The molecule has 54 valence electrons. The normalized spacial score (nSPS) is 16.5. The number of hydrogen-bond donors (Lipinski definition) is 2. The van der Waals surface area contributed by atoms with Crippen molar-refractivity contribution in [2.75, 3.05) is 6.61 Å². The lowest BCUT2D eigenvalue weighted by atomic mass is 10.2. The van der Waals surface area contributed by atoms with Crippen molar-refractivity contribution in [3.63, 3.8) is 0 Å². The molecule has 3 heteroatoms. The van der Waals surface area contributed by atoms with E-state index in [1.54, 1.807) is 12.4 Å². The zero-order valence-electron chi connectivity index (χ0n) is 5.67. The van der Waals surface area contributed by atoms with Crippen LogP contribution in [-0.2, 0) is 0 Å². The lowest BCUT2D eigenvalue weighted by molar-refractivity contribution is 0.307. The molecule has 0 aromatic carbocycles. The van der Waals surface area contributed by atoms with Crippen molar-refractivity contribution in [2.45, 2.75) is 6.42 Å². The van der Waals surface area contributed by atoms with Gasteiger partial charge in [-0.3, -0.25) is 4.99 Å². The van der Waals surface area contributed by atoms with Crippen molar-refractivity contribution < 1.29 is 5.11 Å². The summed E-state index contributed by atoms with van der Waals surface area (Å²) in [5.41, 5.74) is 1.60. The van der Waals surface area contributed by atoms with E-state index in [1.165, 1.54) is 0 Å². The molecule has 1 heterocycles. The summed E-state index contributed by atoms with van der Waals surface area (Å²) in [5, 5.41) is 11.5. The van der Waals surface area contributed by atoms with Crippen LogP contribution in [0.25, 0.3) is 0 Å². The van der Waals surface area contributed by atoms with Gasteiger partial charge >= 0.3 is 0 Å². The number of allylic oxidation sites excluding steroid dienone is 1. The van der Waals surface area contributed by atoms with Crippen molar-refractivity contribution in [3.8, 4) is 0 Å². The molecule has 0 saturated heterocycles. The highest BCUT2D eigenvalue weighted by Crippen LogP contribution is 2.00. The van der Waals surface area contributed by atoms with Crippen LogP contribution < -0.4 is 5.32 Å². The molecule has 0 amide bonds. The highest BCUT2D eigenvalue weighted by atomic mass is 16.3. The van der Waals surface area contributed by atoms with E-state index >= 15 is 0 Å². The first-order valence-corrected chi connectivity index (χ1v) is 3.13. The third-order valence-corrected chi connectivity index (χ3v) is 1.26. The fourth-order valence-corrected chi connectivity index (χ4v) is 0.748. The fraction of sp³-hybridized carbons (Fsp3) is 0.286. The first-order valence-electron chi connectivity index (χ1n) is 3.13. The summed E-state index contributed by atoms with van der Waals surface area (Å²) in [6, 6.07) is 0. The lowest BCUT2D eigenvalue weighted by Crippen LogP contribution is -2.17. The maximum atomic E-state index is 8.56. The molecule has 0 bridgehead atoms. The Balaban J connectivity index is 2.61. The second-order valence-electron chi connectivity index (χ2n) is 1.99. The third kappa shape index (κ3) is 1.45. The van der Waals surface area contributed by atoms with Crippen LogP contribution in [0.3, 0.4) is 0 Å². The number of aliphatic imine (C=N–C) groups is 1. The van der Waals surface area contributed by atoms with Crippen LogP contribution in [0.5, 0.6) is 0 Å². The van der Waals surface area contributed by atoms with Crippen LogP contribution in [0.2, 0.25) is 0 Å². The second kappa shape index (κ2) is 3.17. The van der Waals surface area contributed by atoms with Gasteiger partial charge in [0.05, 0.1) is 11.4 Å². The van der Waals surface area contributed by atoms with Crippen molar-refractivity contribution in [2.24, 2.45) is 4.99 Å². The predicted molar refractivity (Wildman–Crippen MR) is 40.6 cm³/mol. The van der Waals surface area contributed by atoms with E-state index < -0.39 is 0 Å². The van der Waals surface area contributed by atoms with Crippen LogP contribution in [0.15, 0.2) is 29.7 Å². The minimum absolute atomic E-state index is 0.118. The number of rotatable bonds is 2. The standard InChI is InChI=1S/C7H10N2O/c1-6-7(2-5-10)9-4-3-8-6/h3-4,8,10H,1-2,5H2. The highest BCUT2D eigenvalue weighted by molar-refractivity contribution is 6.00. The monoisotopic (exact) mass is 138 g/mol. The van der Waals surface area contributed by atoms with Crippen molar-refractivity contribution in [1.29, 1.82) is 0 Å². The molecular formula is C7H10N2O. The molecule has 10 heavy (non-hydrogen) atoms. The average Bonchev–Trinajstić information content (AvgIpc) is 1.94. The van der Waals surface area contributed by atoms with Gasteiger partial charge < -0.3 is 10.4 Å². The number of nitrogens with one attached hydrogen (secondary N) is 1. The van der Waals surface area contributed by atoms with Crippen LogP contribution in [-0.4, -0.2) is 17.4 Å². The van der Waals surface area contributed by atoms with Crippen molar-refractivity contribution >= 4 is 5.71 Å². The van der Waals surface area contributed by atoms with Gasteiger partial charge in [-0.25, -0.2) is 0 Å². The Morgan fingerprint density at radius 1 is 1.70 bits per heavy atom. The van der Waals surface area contributed by atoms with E-state index in [0.29, 0.717) is 6.42 Å². The molecule has 0 aromatic heterocycles. The highest BCUT2D eigenvalue weighted by Gasteiger charge is 2.03. The van der Waals surface area contributed by atoms with Gasteiger partial charge in [0.25, 0.3) is 0 Å². The molecule has 0 fully saturated rings. The van der Waals surface area contributed by atoms with E-state index in [9.17, 15) is 0 Å². The van der Waals surface area contributed by atoms with Gasteiger partial charge in [-0.1, -0.05) is 6.58 Å². The summed E-state index contributed by atoms with van der Waals surface area (Å²) >= 11 is 0. The van der Waals surface area contributed by atoms with Crippen LogP contribution >= 0.6 is 0 Å². The van der Waals surface area contributed by atoms with E-state index in [4.69, 9.17) is 5.11 Å². The number of aliphatic hydroxyl groups is 1. The zero-order chi connectivity index (χ0) is 7.40. The van der Waals surface area contributed by atoms with Crippen molar-refractivity contribution in [3.05, 3.63) is 24.7 Å². The Kier molecular flexibility index (Phi) is 2.23. The summed E-state index contributed by atoms with van der Waals surface area (Å²) in [5.74, 6) is 0. The molecule has 3 nitrogen and oxygen atoms in total. The SMILES string of the molecule is C=C1NC=CN=C1CCO. The second-order valence-corrected chi connectivity index (χ2v) is 1.99. The largest absolute Gasteiger partial charge is 0.396 e. The summed E-state index contributed by atoms with van der Waals surface area (Å²) in [6.45, 7) is 3.83. The molecule has 0 spiro atoms. The molecule has 0 unspecified atom stereocenters. The Morgan fingerprint density at radius 2 is 2.50 bits per heavy atom. The Labute approximate surface area is 59.8 Å². The smallest absolute Gasteiger partial charge is 0.0655 e. The molecule has 0 atom stereocenters. The topological polar surface area (TPSA) is 44.6 Å². The first kappa shape index (κ1) is 7.02. The zero-order valence-corrected chi connectivity index (χ0v) is 5.67. The van der Waals surface area contributed by atoms with E-state index in [0.717, 1.165) is 11.4 Å². The fourth-order valence-electron chi connectivity index (χ4n) is 0.748. The summed E-state index contributed by atoms with van der Waals surface area (Å²) in [6.07, 6.45) is 3.93. The van der Waals surface area contributed by atoms with Gasteiger partial charge in [0.15, 0.2) is 0 Å². The van der Waals surface area contributed by atoms with Crippen LogP contribution in [0.4, 0.5) is 0 Å². The molecule has 0 aromatic rings. The molecule has 1 rings (SSSR count). The molecular weight excluding hydrogens is 128 g/mol. The minimum atomic E-state index is 0.118. The summed E-state index contributed by atoms with van der Waals surface area (Å²) in [4.78, 5) is 4.01. The third-order valence-electron chi connectivity index (χ3n) is 1.26. The lowest BCUT2D eigenvalue weighted by Gasteiger charge is -2.10. The molecule has 0 saturated carbocycles. The Bertz CT molecular complexity index is 194. The molecule has 2 N–H and O–H groups in total. The van der Waals surface area contributed by atoms with Gasteiger partial charge in [0.2, 0.25) is 0 Å². The summed E-state index contributed by atoms with van der Waals surface area (Å²) in [7, 11) is 0. The number of aliphatic hydroxyl groups excluding tert-OH is 1. The molecule has 1 aliphatic rings. The van der Waals surface area contributed by atoms with E-state index in [1.807, 2.05) is 0 Å². The Morgan fingerprint density at radius 3 is 3.10 bits per heavy atom. The Hall–Kier alpha value is -1.09. The molecule has 0 radical (unpaired) electrons. The number of nitrogens with zero attached hydrogens (tertiary/aromatic N) is 1. The van der Waals surface area contributed by atoms with Crippen molar-refractivity contribution in [1.82, 2.24) is 5.32 Å². The first-order chi connectivity index (χ1) is 4.84. The maximum absolute atomic E-state index is 8.56. The molecule has 1 aliphatic heterocycles. The van der Waals surface area contributed by atoms with Gasteiger partial charge in [0, 0.05) is 25.4 Å².